The average Bonchev–Trinajstić information content (AvgIpc) is 2.21. The van der Waals surface area contributed by atoms with E-state index in [0.29, 0.717) is 13.2 Å². The van der Waals surface area contributed by atoms with Gasteiger partial charge in [0.25, 0.3) is 0 Å². The van der Waals surface area contributed by atoms with Crippen molar-refractivity contribution in [1.82, 2.24) is 0 Å². The summed E-state index contributed by atoms with van der Waals surface area (Å²) >= 11 is 5.36. The van der Waals surface area contributed by atoms with Gasteiger partial charge in [-0.25, -0.2) is 0 Å². The second-order valence-electron chi connectivity index (χ2n) is 2.86. The highest BCUT2D eigenvalue weighted by atomic mass is 35.5. The minimum absolute atomic E-state index is 0.500. The van der Waals surface area contributed by atoms with Gasteiger partial charge in [-0.05, 0) is 36.7 Å². The summed E-state index contributed by atoms with van der Waals surface area (Å²) in [4.78, 5) is 0. The van der Waals surface area contributed by atoms with Crippen molar-refractivity contribution in [3.63, 3.8) is 0 Å². The fourth-order valence-electron chi connectivity index (χ4n) is 1.10. The van der Waals surface area contributed by atoms with Gasteiger partial charge in [-0.15, -0.1) is 0 Å². The summed E-state index contributed by atoms with van der Waals surface area (Å²) in [6.07, 6.45) is 2.65. The Bertz CT molecular complexity index is 282. The van der Waals surface area contributed by atoms with Crippen molar-refractivity contribution in [3.8, 4) is 5.75 Å². The highest BCUT2D eigenvalue weighted by Crippen LogP contribution is 2.12. The lowest BCUT2D eigenvalue weighted by Gasteiger charge is -2.03. The van der Waals surface area contributed by atoms with Gasteiger partial charge in [0.1, 0.15) is 12.4 Å². The van der Waals surface area contributed by atoms with E-state index < -0.39 is 0 Å². The molecule has 0 aliphatic heterocycles. The number of ether oxygens (including phenoxy) is 1. The number of benzene rings is 1. The van der Waals surface area contributed by atoms with E-state index in [0.717, 1.165) is 12.2 Å². The Morgan fingerprint density at radius 2 is 2.00 bits per heavy atom. The Morgan fingerprint density at radius 1 is 1.29 bits per heavy atom. The highest BCUT2D eigenvalue weighted by Gasteiger charge is 1.93. The molecule has 2 N–H and O–H groups in total. The van der Waals surface area contributed by atoms with Crippen LogP contribution in [-0.4, -0.2) is 13.2 Å². The predicted molar refractivity (Wildman–Crippen MR) is 59.7 cm³/mol. The first-order chi connectivity index (χ1) is 6.86. The van der Waals surface area contributed by atoms with Crippen molar-refractivity contribution in [3.05, 3.63) is 41.4 Å². The molecule has 1 aromatic carbocycles. The van der Waals surface area contributed by atoms with E-state index in [1.54, 1.807) is 6.08 Å². The maximum Gasteiger partial charge on any atom is 0.119 e. The third-order valence-electron chi connectivity index (χ3n) is 1.79. The lowest BCUT2D eigenvalue weighted by molar-refractivity contribution is 0.363. The zero-order valence-corrected chi connectivity index (χ0v) is 8.70. The van der Waals surface area contributed by atoms with Gasteiger partial charge in [-0.1, -0.05) is 23.7 Å². The summed E-state index contributed by atoms with van der Waals surface area (Å²) in [6, 6.07) is 7.92. The van der Waals surface area contributed by atoms with E-state index in [2.05, 4.69) is 0 Å². The summed E-state index contributed by atoms with van der Waals surface area (Å²) in [7, 11) is 0. The van der Waals surface area contributed by atoms with Gasteiger partial charge in [0.05, 0.1) is 0 Å². The Kier molecular flexibility index (Phi) is 5.12. The minimum Gasteiger partial charge on any atom is -0.490 e. The van der Waals surface area contributed by atoms with E-state index in [4.69, 9.17) is 22.1 Å². The fourth-order valence-corrected chi connectivity index (χ4v) is 1.17. The van der Waals surface area contributed by atoms with E-state index in [9.17, 15) is 0 Å². The molecule has 0 aliphatic rings. The van der Waals surface area contributed by atoms with Crippen molar-refractivity contribution in [2.75, 3.05) is 13.2 Å². The van der Waals surface area contributed by atoms with Crippen LogP contribution in [0.5, 0.6) is 5.75 Å². The van der Waals surface area contributed by atoms with Crippen molar-refractivity contribution < 1.29 is 4.74 Å². The normalized spacial score (nSPS) is 10.7. The monoisotopic (exact) mass is 211 g/mol. The largest absolute Gasteiger partial charge is 0.490 e. The third-order valence-corrected chi connectivity index (χ3v) is 1.97. The van der Waals surface area contributed by atoms with E-state index >= 15 is 0 Å². The molecule has 0 heterocycles. The molecule has 0 amide bonds. The molecule has 3 heteroatoms. The molecule has 0 saturated carbocycles. The molecule has 1 aromatic rings. The minimum atomic E-state index is 0.500. The van der Waals surface area contributed by atoms with E-state index in [1.807, 2.05) is 24.3 Å². The van der Waals surface area contributed by atoms with Crippen LogP contribution in [0.15, 0.2) is 35.9 Å². The maximum absolute atomic E-state index is 5.44. The van der Waals surface area contributed by atoms with Gasteiger partial charge in [0.2, 0.25) is 0 Å². The van der Waals surface area contributed by atoms with Crippen LogP contribution < -0.4 is 10.5 Å². The highest BCUT2D eigenvalue weighted by molar-refractivity contribution is 6.25. The zero-order chi connectivity index (χ0) is 10.2. The van der Waals surface area contributed by atoms with Crippen molar-refractivity contribution in [1.29, 1.82) is 0 Å². The van der Waals surface area contributed by atoms with Crippen molar-refractivity contribution >= 4 is 11.6 Å². The van der Waals surface area contributed by atoms with Gasteiger partial charge in [0, 0.05) is 5.54 Å². The Morgan fingerprint density at radius 3 is 2.57 bits per heavy atom. The first-order valence-electron chi connectivity index (χ1n) is 4.54. The molecular formula is C11H14ClNO. The first-order valence-corrected chi connectivity index (χ1v) is 4.97. The first kappa shape index (κ1) is 11.1. The predicted octanol–water partition coefficient (Wildman–Crippen LogP) is 2.32. The van der Waals surface area contributed by atoms with Crippen LogP contribution in [-0.2, 0) is 6.42 Å². The van der Waals surface area contributed by atoms with Crippen LogP contribution in [0.4, 0.5) is 0 Å². The quantitative estimate of drug-likeness (QED) is 0.812. The third kappa shape index (κ3) is 3.81. The molecule has 2 nitrogen and oxygen atoms in total. The van der Waals surface area contributed by atoms with Crippen LogP contribution >= 0.6 is 11.6 Å². The average molecular weight is 212 g/mol. The molecule has 0 fully saturated rings. The number of halogens is 1. The fraction of sp³-hybridized carbons (Fsp3) is 0.273. The Hall–Kier alpha value is -0.990. The number of hydrogen-bond donors (Lipinski definition) is 1. The maximum atomic E-state index is 5.44. The number of hydrogen-bond acceptors (Lipinski definition) is 2. The summed E-state index contributed by atoms with van der Waals surface area (Å²) in [5, 5.41) is 0. The van der Waals surface area contributed by atoms with Crippen LogP contribution in [0.3, 0.4) is 0 Å². The van der Waals surface area contributed by atoms with Crippen LogP contribution in [0, 0.1) is 0 Å². The molecule has 0 unspecified atom stereocenters. The Labute approximate surface area is 89.3 Å². The molecule has 0 radical (unpaired) electrons. The van der Waals surface area contributed by atoms with Crippen LogP contribution in [0.2, 0.25) is 0 Å². The SMILES string of the molecule is NCCc1ccc(OC/C=C/Cl)cc1. The van der Waals surface area contributed by atoms with Gasteiger partial charge in [0.15, 0.2) is 0 Å². The summed E-state index contributed by atoms with van der Waals surface area (Å²) in [5.74, 6) is 0.848. The smallest absolute Gasteiger partial charge is 0.119 e. The Balaban J connectivity index is 2.46. The number of nitrogens with two attached hydrogens (primary N) is 1. The zero-order valence-electron chi connectivity index (χ0n) is 7.95. The van der Waals surface area contributed by atoms with Gasteiger partial charge in [-0.3, -0.25) is 0 Å². The molecule has 0 aliphatic carbocycles. The standard InChI is InChI=1S/C11H14ClNO/c12-7-1-9-14-11-4-2-10(3-5-11)6-8-13/h1-5,7H,6,8-9,13H2/b7-1+. The van der Waals surface area contributed by atoms with E-state index in [-0.39, 0.29) is 0 Å². The lowest BCUT2D eigenvalue weighted by atomic mass is 10.1. The molecule has 14 heavy (non-hydrogen) atoms. The van der Waals surface area contributed by atoms with Gasteiger partial charge in [-0.2, -0.15) is 0 Å². The van der Waals surface area contributed by atoms with Crippen molar-refractivity contribution in [2.45, 2.75) is 6.42 Å². The van der Waals surface area contributed by atoms with E-state index in [1.165, 1.54) is 11.1 Å². The molecule has 0 spiro atoms. The second-order valence-corrected chi connectivity index (χ2v) is 3.11. The molecule has 0 saturated heterocycles. The summed E-state index contributed by atoms with van der Waals surface area (Å²) in [6.45, 7) is 1.18. The van der Waals surface area contributed by atoms with Crippen LogP contribution in [0.1, 0.15) is 5.56 Å². The van der Waals surface area contributed by atoms with Crippen molar-refractivity contribution in [2.24, 2.45) is 5.73 Å². The van der Waals surface area contributed by atoms with Gasteiger partial charge >= 0.3 is 0 Å². The number of rotatable bonds is 5. The molecule has 76 valence electrons. The topological polar surface area (TPSA) is 35.2 Å². The molecular weight excluding hydrogens is 198 g/mol. The van der Waals surface area contributed by atoms with Gasteiger partial charge < -0.3 is 10.5 Å². The lowest BCUT2D eigenvalue weighted by Crippen LogP contribution is -2.02. The molecule has 0 atom stereocenters. The molecule has 0 aromatic heterocycles. The molecule has 1 rings (SSSR count). The summed E-state index contributed by atoms with van der Waals surface area (Å²) < 4.78 is 5.38. The van der Waals surface area contributed by atoms with Crippen LogP contribution in [0.25, 0.3) is 0 Å². The molecule has 0 bridgehead atoms. The summed E-state index contributed by atoms with van der Waals surface area (Å²) in [5.41, 5.74) is 8.12. The second kappa shape index (κ2) is 6.46.